The summed E-state index contributed by atoms with van der Waals surface area (Å²) in [4.78, 5) is 11.7. The van der Waals surface area contributed by atoms with Gasteiger partial charge < -0.3 is 10.0 Å². The molecule has 20 heavy (non-hydrogen) atoms. The topological polar surface area (TPSA) is 49.2 Å². The van der Waals surface area contributed by atoms with Crippen molar-refractivity contribution < 1.29 is 5.11 Å². The molecule has 1 aromatic rings. The number of aliphatic hydroxyl groups excluding tert-OH is 1. The second-order valence-corrected chi connectivity index (χ2v) is 6.38. The highest BCUT2D eigenvalue weighted by atomic mass is 16.3. The van der Waals surface area contributed by atoms with Crippen LogP contribution in [0.15, 0.2) is 0 Å². The number of anilines is 1. The summed E-state index contributed by atoms with van der Waals surface area (Å²) < 4.78 is 0. The minimum atomic E-state index is 0.282. The highest BCUT2D eigenvalue weighted by Gasteiger charge is 2.24. The first kappa shape index (κ1) is 15.2. The SMILES string of the molecule is Cc1nc(N2CC[C@H](CCO)C2)nc(C)c1CC(C)C. The zero-order valence-electron chi connectivity index (χ0n) is 13.2. The Morgan fingerprint density at radius 3 is 2.45 bits per heavy atom. The summed E-state index contributed by atoms with van der Waals surface area (Å²) in [5, 5.41) is 9.04. The number of aliphatic hydroxyl groups is 1. The molecule has 1 saturated heterocycles. The molecule has 2 heterocycles. The van der Waals surface area contributed by atoms with Gasteiger partial charge in [0.2, 0.25) is 5.95 Å². The van der Waals surface area contributed by atoms with Crippen LogP contribution in [0, 0.1) is 25.7 Å². The molecule has 0 amide bonds. The number of aryl methyl sites for hydroxylation is 2. The molecule has 1 aromatic heterocycles. The van der Waals surface area contributed by atoms with Crippen molar-refractivity contribution >= 4 is 5.95 Å². The normalized spacial score (nSPS) is 19.1. The maximum atomic E-state index is 9.04. The van der Waals surface area contributed by atoms with Crippen LogP contribution >= 0.6 is 0 Å². The highest BCUT2D eigenvalue weighted by Crippen LogP contribution is 2.25. The van der Waals surface area contributed by atoms with Crippen LogP contribution in [0.3, 0.4) is 0 Å². The monoisotopic (exact) mass is 277 g/mol. The molecule has 2 rings (SSSR count). The van der Waals surface area contributed by atoms with E-state index in [0.29, 0.717) is 11.8 Å². The van der Waals surface area contributed by atoms with Gasteiger partial charge in [-0.1, -0.05) is 13.8 Å². The van der Waals surface area contributed by atoms with E-state index in [1.54, 1.807) is 0 Å². The number of rotatable bonds is 5. The minimum absolute atomic E-state index is 0.282. The molecule has 1 aliphatic rings. The van der Waals surface area contributed by atoms with Crippen LogP contribution in [-0.4, -0.2) is 34.8 Å². The predicted molar refractivity (Wildman–Crippen MR) is 82.1 cm³/mol. The highest BCUT2D eigenvalue weighted by molar-refractivity contribution is 5.37. The fraction of sp³-hybridized carbons (Fsp3) is 0.750. The van der Waals surface area contributed by atoms with Gasteiger partial charge in [0, 0.05) is 31.1 Å². The Morgan fingerprint density at radius 1 is 1.25 bits per heavy atom. The van der Waals surface area contributed by atoms with Crippen molar-refractivity contribution in [3.8, 4) is 0 Å². The van der Waals surface area contributed by atoms with Crippen LogP contribution in [0.2, 0.25) is 0 Å². The number of nitrogens with zero attached hydrogens (tertiary/aromatic N) is 3. The fourth-order valence-corrected chi connectivity index (χ4v) is 3.00. The molecule has 1 N–H and O–H groups in total. The summed E-state index contributed by atoms with van der Waals surface area (Å²) in [6.07, 6.45) is 3.07. The average molecular weight is 277 g/mol. The molecule has 0 spiro atoms. The van der Waals surface area contributed by atoms with Crippen LogP contribution in [0.25, 0.3) is 0 Å². The van der Waals surface area contributed by atoms with Gasteiger partial charge in [-0.05, 0) is 50.5 Å². The molecule has 112 valence electrons. The summed E-state index contributed by atoms with van der Waals surface area (Å²) in [5.74, 6) is 2.08. The largest absolute Gasteiger partial charge is 0.396 e. The van der Waals surface area contributed by atoms with Crippen molar-refractivity contribution in [1.82, 2.24) is 9.97 Å². The second kappa shape index (κ2) is 6.53. The Hall–Kier alpha value is -1.16. The Morgan fingerprint density at radius 2 is 1.90 bits per heavy atom. The predicted octanol–water partition coefficient (Wildman–Crippen LogP) is 2.50. The van der Waals surface area contributed by atoms with E-state index in [9.17, 15) is 0 Å². The lowest BCUT2D eigenvalue weighted by atomic mass is 10.0. The van der Waals surface area contributed by atoms with Crippen molar-refractivity contribution in [1.29, 1.82) is 0 Å². The first-order valence-corrected chi connectivity index (χ1v) is 7.71. The van der Waals surface area contributed by atoms with Crippen molar-refractivity contribution in [3.63, 3.8) is 0 Å². The summed E-state index contributed by atoms with van der Waals surface area (Å²) in [7, 11) is 0. The van der Waals surface area contributed by atoms with Gasteiger partial charge >= 0.3 is 0 Å². The van der Waals surface area contributed by atoms with Crippen LogP contribution in [0.5, 0.6) is 0 Å². The van der Waals surface area contributed by atoms with E-state index >= 15 is 0 Å². The van der Waals surface area contributed by atoms with Gasteiger partial charge in [-0.25, -0.2) is 9.97 Å². The van der Waals surface area contributed by atoms with Gasteiger partial charge in [0.1, 0.15) is 0 Å². The molecule has 0 aromatic carbocycles. The molecule has 0 bridgehead atoms. The molecule has 0 radical (unpaired) electrons. The van der Waals surface area contributed by atoms with E-state index < -0.39 is 0 Å². The van der Waals surface area contributed by atoms with Gasteiger partial charge in [-0.15, -0.1) is 0 Å². The van der Waals surface area contributed by atoms with Crippen molar-refractivity contribution in [2.24, 2.45) is 11.8 Å². The van der Waals surface area contributed by atoms with Gasteiger partial charge in [0.15, 0.2) is 0 Å². The molecule has 4 heteroatoms. The van der Waals surface area contributed by atoms with E-state index in [4.69, 9.17) is 15.1 Å². The zero-order chi connectivity index (χ0) is 14.7. The quantitative estimate of drug-likeness (QED) is 0.898. The van der Waals surface area contributed by atoms with Crippen molar-refractivity contribution in [3.05, 3.63) is 17.0 Å². The third kappa shape index (κ3) is 3.48. The van der Waals surface area contributed by atoms with Crippen LogP contribution in [0.4, 0.5) is 5.95 Å². The third-order valence-corrected chi connectivity index (χ3v) is 4.13. The Bertz CT molecular complexity index is 436. The molecule has 0 unspecified atom stereocenters. The summed E-state index contributed by atoms with van der Waals surface area (Å²) in [5.41, 5.74) is 3.54. The van der Waals surface area contributed by atoms with Crippen LogP contribution < -0.4 is 4.90 Å². The minimum Gasteiger partial charge on any atom is -0.396 e. The van der Waals surface area contributed by atoms with Gasteiger partial charge in [-0.2, -0.15) is 0 Å². The van der Waals surface area contributed by atoms with Gasteiger partial charge in [0.05, 0.1) is 0 Å². The Kier molecular flexibility index (Phi) is 4.97. The maximum absolute atomic E-state index is 9.04. The molecule has 0 saturated carbocycles. The standard InChI is InChI=1S/C16H27N3O/c1-11(2)9-15-12(3)17-16(18-13(15)4)19-7-5-14(10-19)6-8-20/h11,14,20H,5-10H2,1-4H3/t14-/m1/s1. The van der Waals surface area contributed by atoms with Gasteiger partial charge in [-0.3, -0.25) is 0 Å². The molecule has 1 atom stereocenters. The summed E-state index contributed by atoms with van der Waals surface area (Å²) in [6.45, 7) is 10.9. The smallest absolute Gasteiger partial charge is 0.225 e. The van der Waals surface area contributed by atoms with Crippen LogP contribution in [0.1, 0.15) is 43.6 Å². The van der Waals surface area contributed by atoms with Crippen molar-refractivity contribution in [2.45, 2.75) is 47.0 Å². The first-order valence-electron chi connectivity index (χ1n) is 7.71. The Labute approximate surface area is 122 Å². The lowest BCUT2D eigenvalue weighted by Gasteiger charge is -2.19. The molecular formula is C16H27N3O. The van der Waals surface area contributed by atoms with E-state index in [0.717, 1.165) is 49.7 Å². The fourth-order valence-electron chi connectivity index (χ4n) is 3.00. The Balaban J connectivity index is 2.14. The summed E-state index contributed by atoms with van der Waals surface area (Å²) >= 11 is 0. The lowest BCUT2D eigenvalue weighted by Crippen LogP contribution is -2.23. The third-order valence-electron chi connectivity index (χ3n) is 4.13. The number of hydrogen-bond donors (Lipinski definition) is 1. The first-order chi connectivity index (χ1) is 9.51. The van der Waals surface area contributed by atoms with E-state index in [1.165, 1.54) is 5.56 Å². The molecular weight excluding hydrogens is 250 g/mol. The molecule has 1 fully saturated rings. The second-order valence-electron chi connectivity index (χ2n) is 6.38. The number of hydrogen-bond acceptors (Lipinski definition) is 4. The summed E-state index contributed by atoms with van der Waals surface area (Å²) in [6, 6.07) is 0. The molecule has 1 aliphatic heterocycles. The van der Waals surface area contributed by atoms with Crippen LogP contribution in [-0.2, 0) is 6.42 Å². The maximum Gasteiger partial charge on any atom is 0.225 e. The number of aromatic nitrogens is 2. The van der Waals surface area contributed by atoms with E-state index in [1.807, 2.05) is 0 Å². The van der Waals surface area contributed by atoms with E-state index in [-0.39, 0.29) is 6.61 Å². The average Bonchev–Trinajstić information content (AvgIpc) is 2.82. The van der Waals surface area contributed by atoms with Crippen molar-refractivity contribution in [2.75, 3.05) is 24.6 Å². The molecule has 4 nitrogen and oxygen atoms in total. The van der Waals surface area contributed by atoms with Gasteiger partial charge in [0.25, 0.3) is 0 Å². The van der Waals surface area contributed by atoms with E-state index in [2.05, 4.69) is 32.6 Å². The zero-order valence-corrected chi connectivity index (χ0v) is 13.2. The lowest BCUT2D eigenvalue weighted by molar-refractivity contribution is 0.263. The molecule has 0 aliphatic carbocycles.